The van der Waals surface area contributed by atoms with Crippen molar-refractivity contribution < 1.29 is 14.3 Å². The van der Waals surface area contributed by atoms with Crippen molar-refractivity contribution in [2.75, 3.05) is 33.4 Å². The molecule has 2 rings (SSSR count). The second-order valence-corrected chi connectivity index (χ2v) is 4.45. The van der Waals surface area contributed by atoms with Crippen LogP contribution >= 0.6 is 0 Å². The molecule has 0 spiro atoms. The third-order valence-corrected chi connectivity index (χ3v) is 2.99. The summed E-state index contributed by atoms with van der Waals surface area (Å²) in [5, 5.41) is 0. The minimum atomic E-state index is -0.361. The number of ketones is 1. The predicted molar refractivity (Wildman–Crippen MR) is 69.2 cm³/mol. The summed E-state index contributed by atoms with van der Waals surface area (Å²) in [5.41, 5.74) is 0.654. The fourth-order valence-electron chi connectivity index (χ4n) is 2.03. The Bertz CT molecular complexity index is 419. The molecule has 0 aliphatic carbocycles. The zero-order valence-corrected chi connectivity index (χ0v) is 10.9. The third kappa shape index (κ3) is 3.09. The first-order chi connectivity index (χ1) is 8.70. The Morgan fingerprint density at radius 1 is 1.56 bits per heavy atom. The Hall–Kier alpha value is -1.39. The van der Waals surface area contributed by atoms with E-state index >= 15 is 0 Å². The van der Waals surface area contributed by atoms with Gasteiger partial charge in [-0.25, -0.2) is 0 Å². The van der Waals surface area contributed by atoms with E-state index in [4.69, 9.17) is 9.47 Å². The first-order valence-electron chi connectivity index (χ1n) is 6.28. The fraction of sp³-hybridized carbons (Fsp3) is 0.500. The van der Waals surface area contributed by atoms with Crippen LogP contribution in [0.2, 0.25) is 0 Å². The molecule has 1 heterocycles. The van der Waals surface area contributed by atoms with E-state index in [2.05, 4.69) is 4.90 Å². The van der Waals surface area contributed by atoms with Crippen LogP contribution in [-0.4, -0.2) is 50.1 Å². The van der Waals surface area contributed by atoms with Gasteiger partial charge in [-0.3, -0.25) is 4.79 Å². The maximum absolute atomic E-state index is 12.3. The molecule has 18 heavy (non-hydrogen) atoms. The molecule has 1 aliphatic heterocycles. The summed E-state index contributed by atoms with van der Waals surface area (Å²) in [6, 6.07) is 7.28. The smallest absolute Gasteiger partial charge is 0.193 e. The zero-order valence-electron chi connectivity index (χ0n) is 10.9. The number of nitrogens with zero attached hydrogens (tertiary/aromatic N) is 1. The molecule has 4 nitrogen and oxygen atoms in total. The summed E-state index contributed by atoms with van der Waals surface area (Å²) in [6.45, 7) is 4.66. The van der Waals surface area contributed by atoms with E-state index in [1.807, 2.05) is 32.2 Å². The number of carbonyl (C=O) groups is 1. The molecule has 1 fully saturated rings. The lowest BCUT2D eigenvalue weighted by Gasteiger charge is -2.29. The van der Waals surface area contributed by atoms with Crippen LogP contribution in [0, 0.1) is 0 Å². The highest BCUT2D eigenvalue weighted by Gasteiger charge is 2.25. The lowest BCUT2D eigenvalue weighted by molar-refractivity contribution is -0.00863. The minimum absolute atomic E-state index is 0.0307. The molecule has 0 saturated carbocycles. The lowest BCUT2D eigenvalue weighted by atomic mass is 10.0. The maximum atomic E-state index is 12.3. The molecule has 0 bridgehead atoms. The number of likely N-dealkylation sites (N-methyl/N-ethyl adjacent to an activating group) is 1. The Morgan fingerprint density at radius 3 is 3.11 bits per heavy atom. The third-order valence-electron chi connectivity index (χ3n) is 2.99. The molecule has 1 saturated heterocycles. The summed E-state index contributed by atoms with van der Waals surface area (Å²) >= 11 is 0. The summed E-state index contributed by atoms with van der Waals surface area (Å²) in [7, 11) is 2.00. The van der Waals surface area contributed by atoms with E-state index in [1.54, 1.807) is 6.07 Å². The molecule has 1 aromatic carbocycles. The van der Waals surface area contributed by atoms with Gasteiger partial charge in [0.05, 0.1) is 13.2 Å². The molecule has 4 heteroatoms. The van der Waals surface area contributed by atoms with E-state index in [1.165, 1.54) is 0 Å². The van der Waals surface area contributed by atoms with Crippen molar-refractivity contribution in [3.05, 3.63) is 29.8 Å². The van der Waals surface area contributed by atoms with Crippen molar-refractivity contribution in [3.63, 3.8) is 0 Å². The molecule has 1 atom stereocenters. The zero-order chi connectivity index (χ0) is 13.0. The number of hydrogen-bond acceptors (Lipinski definition) is 4. The molecule has 0 aromatic heterocycles. The van der Waals surface area contributed by atoms with Crippen molar-refractivity contribution >= 4 is 5.78 Å². The number of ether oxygens (including phenoxy) is 2. The summed E-state index contributed by atoms with van der Waals surface area (Å²) < 4.78 is 10.9. The second kappa shape index (κ2) is 5.98. The average molecular weight is 249 g/mol. The Balaban J connectivity index is 2.10. The van der Waals surface area contributed by atoms with Crippen molar-refractivity contribution in [1.29, 1.82) is 0 Å². The fourth-order valence-corrected chi connectivity index (χ4v) is 2.03. The van der Waals surface area contributed by atoms with Crippen LogP contribution in [0.1, 0.15) is 17.3 Å². The van der Waals surface area contributed by atoms with E-state index < -0.39 is 0 Å². The van der Waals surface area contributed by atoms with E-state index in [0.29, 0.717) is 25.3 Å². The predicted octanol–water partition coefficient (Wildman–Crippen LogP) is 1.60. The van der Waals surface area contributed by atoms with Gasteiger partial charge < -0.3 is 14.4 Å². The molecule has 0 radical (unpaired) electrons. The van der Waals surface area contributed by atoms with E-state index in [0.717, 1.165) is 12.3 Å². The van der Waals surface area contributed by atoms with Gasteiger partial charge in [-0.2, -0.15) is 0 Å². The van der Waals surface area contributed by atoms with Crippen LogP contribution in [0.25, 0.3) is 0 Å². The Morgan fingerprint density at radius 2 is 2.39 bits per heavy atom. The molecule has 98 valence electrons. The van der Waals surface area contributed by atoms with Crippen molar-refractivity contribution in [2.24, 2.45) is 0 Å². The number of hydrogen-bond donors (Lipinski definition) is 0. The Kier molecular flexibility index (Phi) is 4.33. The summed E-state index contributed by atoms with van der Waals surface area (Å²) in [5.74, 6) is 0.760. The quantitative estimate of drug-likeness (QED) is 0.760. The number of rotatable bonds is 4. The largest absolute Gasteiger partial charge is 0.494 e. The van der Waals surface area contributed by atoms with Crippen LogP contribution in [0.4, 0.5) is 0 Å². The monoisotopic (exact) mass is 249 g/mol. The van der Waals surface area contributed by atoms with Gasteiger partial charge in [-0.05, 0) is 26.1 Å². The first-order valence-corrected chi connectivity index (χ1v) is 6.28. The summed E-state index contributed by atoms with van der Waals surface area (Å²) in [6.07, 6.45) is -0.361. The standard InChI is InChI=1S/C14H19NO3/c1-3-17-12-6-4-5-11(9-12)14(16)13-10-15(2)7-8-18-13/h4-6,9,13H,3,7-8,10H2,1-2H3. The number of Topliss-reactive ketones (excluding diaryl/α,β-unsaturated/α-hetero) is 1. The molecular formula is C14H19NO3. The molecular weight excluding hydrogens is 230 g/mol. The van der Waals surface area contributed by atoms with Gasteiger partial charge in [-0.15, -0.1) is 0 Å². The second-order valence-electron chi connectivity index (χ2n) is 4.45. The van der Waals surface area contributed by atoms with Crippen molar-refractivity contribution in [2.45, 2.75) is 13.0 Å². The van der Waals surface area contributed by atoms with Crippen LogP contribution in [-0.2, 0) is 4.74 Å². The number of carbonyl (C=O) groups excluding carboxylic acids is 1. The van der Waals surface area contributed by atoms with Crippen molar-refractivity contribution in [1.82, 2.24) is 4.90 Å². The van der Waals surface area contributed by atoms with Crippen LogP contribution in [0.5, 0.6) is 5.75 Å². The van der Waals surface area contributed by atoms with Gasteiger partial charge in [0, 0.05) is 18.7 Å². The summed E-state index contributed by atoms with van der Waals surface area (Å²) in [4.78, 5) is 14.4. The SMILES string of the molecule is CCOc1cccc(C(=O)C2CN(C)CCO2)c1. The number of morpholine rings is 1. The van der Waals surface area contributed by atoms with Gasteiger partial charge in [0.25, 0.3) is 0 Å². The first kappa shape index (κ1) is 13.1. The van der Waals surface area contributed by atoms with Gasteiger partial charge in [-0.1, -0.05) is 12.1 Å². The maximum Gasteiger partial charge on any atom is 0.193 e. The molecule has 1 unspecified atom stereocenters. The molecule has 1 aromatic rings. The Labute approximate surface area is 107 Å². The average Bonchev–Trinajstić information content (AvgIpc) is 2.39. The molecule has 0 N–H and O–H groups in total. The highest BCUT2D eigenvalue weighted by Crippen LogP contribution is 2.17. The molecule has 1 aliphatic rings. The normalized spacial score (nSPS) is 20.7. The highest BCUT2D eigenvalue weighted by molar-refractivity contribution is 6.00. The number of benzene rings is 1. The van der Waals surface area contributed by atoms with Crippen LogP contribution in [0.15, 0.2) is 24.3 Å². The van der Waals surface area contributed by atoms with Gasteiger partial charge in [0.2, 0.25) is 0 Å². The highest BCUT2D eigenvalue weighted by atomic mass is 16.5. The van der Waals surface area contributed by atoms with E-state index in [9.17, 15) is 4.79 Å². The van der Waals surface area contributed by atoms with Crippen LogP contribution < -0.4 is 4.74 Å². The lowest BCUT2D eigenvalue weighted by Crippen LogP contribution is -2.44. The van der Waals surface area contributed by atoms with Crippen molar-refractivity contribution in [3.8, 4) is 5.75 Å². The van der Waals surface area contributed by atoms with Gasteiger partial charge in [0.15, 0.2) is 5.78 Å². The van der Waals surface area contributed by atoms with E-state index in [-0.39, 0.29) is 11.9 Å². The van der Waals surface area contributed by atoms with Gasteiger partial charge >= 0.3 is 0 Å². The van der Waals surface area contributed by atoms with Gasteiger partial charge in [0.1, 0.15) is 11.9 Å². The topological polar surface area (TPSA) is 38.8 Å². The van der Waals surface area contributed by atoms with Crippen LogP contribution in [0.3, 0.4) is 0 Å². The minimum Gasteiger partial charge on any atom is -0.494 e. The molecule has 0 amide bonds.